The molecule has 0 spiro atoms. The molecule has 1 aromatic carbocycles. The molecule has 0 radical (unpaired) electrons. The molecule has 0 unspecified atom stereocenters. The van der Waals surface area contributed by atoms with Crippen LogP contribution in [0.5, 0.6) is 0 Å². The molecule has 2 heterocycles. The van der Waals surface area contributed by atoms with Gasteiger partial charge >= 0.3 is 6.03 Å². The van der Waals surface area contributed by atoms with Gasteiger partial charge in [0, 0.05) is 52.2 Å². The topological polar surface area (TPSA) is 104 Å². The van der Waals surface area contributed by atoms with E-state index in [2.05, 4.69) is 15.2 Å². The van der Waals surface area contributed by atoms with Crippen molar-refractivity contribution in [2.75, 3.05) is 75.8 Å². The third-order valence-corrected chi connectivity index (χ3v) is 8.76. The summed E-state index contributed by atoms with van der Waals surface area (Å²) in [6.07, 6.45) is 0. The van der Waals surface area contributed by atoms with Gasteiger partial charge in [0.25, 0.3) is 10.0 Å². The number of amides is 2. The largest absolute Gasteiger partial charge is 0.383 e. The van der Waals surface area contributed by atoms with E-state index in [1.165, 1.54) is 23.4 Å². The number of carbonyl (C=O) groups excluding carboxylic acids is 1. The van der Waals surface area contributed by atoms with E-state index in [1.54, 1.807) is 14.0 Å². The fourth-order valence-electron chi connectivity index (χ4n) is 3.10. The van der Waals surface area contributed by atoms with Gasteiger partial charge in [-0.1, -0.05) is 11.3 Å². The number of ether oxygens (including phenoxy) is 2. The van der Waals surface area contributed by atoms with Gasteiger partial charge in [0.15, 0.2) is 9.34 Å². The van der Waals surface area contributed by atoms with E-state index in [0.717, 1.165) is 30.1 Å². The highest BCUT2D eigenvalue weighted by atomic mass is 32.2. The first kappa shape index (κ1) is 24.4. The highest BCUT2D eigenvalue weighted by Gasteiger charge is 2.28. The molecule has 1 N–H and O–H groups in total. The van der Waals surface area contributed by atoms with Crippen LogP contribution in [-0.4, -0.2) is 84.4 Å². The summed E-state index contributed by atoms with van der Waals surface area (Å²) in [4.78, 5) is 20.6. The second-order valence-corrected chi connectivity index (χ2v) is 10.5. The van der Waals surface area contributed by atoms with E-state index in [1.807, 2.05) is 24.3 Å². The summed E-state index contributed by atoms with van der Waals surface area (Å²) in [5.74, 6) is 0. The lowest BCUT2D eigenvalue weighted by molar-refractivity contribution is 0.122. The van der Waals surface area contributed by atoms with Crippen molar-refractivity contribution in [3.8, 4) is 0 Å². The van der Waals surface area contributed by atoms with E-state index in [-0.39, 0.29) is 17.4 Å². The maximum atomic E-state index is 12.8. The maximum absolute atomic E-state index is 12.8. The fraction of sp³-hybridized carbons (Fsp3) is 0.500. The van der Waals surface area contributed by atoms with Gasteiger partial charge in [-0.05, 0) is 31.2 Å². The predicted molar refractivity (Wildman–Crippen MR) is 125 cm³/mol. The van der Waals surface area contributed by atoms with Gasteiger partial charge in [-0.3, -0.25) is 4.90 Å². The average molecular weight is 484 g/mol. The zero-order valence-corrected chi connectivity index (χ0v) is 20.3. The van der Waals surface area contributed by atoms with E-state index < -0.39 is 16.1 Å². The fourth-order valence-corrected chi connectivity index (χ4v) is 5.91. The van der Waals surface area contributed by atoms with Gasteiger partial charge in [-0.15, -0.1) is 0 Å². The number of thiazole rings is 1. The molecule has 1 aromatic heterocycles. The number of nitrogens with one attached hydrogen (secondary N) is 1. The number of likely N-dealkylation sites (N-methyl/N-ethyl adjacent to an activating group) is 1. The Hall–Kier alpha value is -2.25. The summed E-state index contributed by atoms with van der Waals surface area (Å²) in [6, 6.07) is 7.17. The van der Waals surface area contributed by atoms with Crippen LogP contribution in [0.25, 0.3) is 0 Å². The lowest BCUT2D eigenvalue weighted by Gasteiger charge is -2.29. The zero-order chi connectivity index (χ0) is 23.3. The zero-order valence-electron chi connectivity index (χ0n) is 18.7. The van der Waals surface area contributed by atoms with Crippen LogP contribution in [0.4, 0.5) is 21.3 Å². The first-order valence-electron chi connectivity index (χ1n) is 10.1. The summed E-state index contributed by atoms with van der Waals surface area (Å²) in [7, 11) is 0.843. The van der Waals surface area contributed by atoms with Gasteiger partial charge in [0.2, 0.25) is 0 Å². The molecule has 2 aromatic rings. The van der Waals surface area contributed by atoms with Crippen LogP contribution in [0.2, 0.25) is 0 Å². The van der Waals surface area contributed by atoms with Crippen molar-refractivity contribution >= 4 is 43.9 Å². The Morgan fingerprint density at radius 1 is 1.25 bits per heavy atom. The molecule has 1 aliphatic rings. The van der Waals surface area contributed by atoms with Crippen LogP contribution in [0.3, 0.4) is 0 Å². The van der Waals surface area contributed by atoms with Gasteiger partial charge < -0.3 is 19.7 Å². The Kier molecular flexibility index (Phi) is 8.06. The Balaban J connectivity index is 1.67. The highest BCUT2D eigenvalue weighted by molar-refractivity contribution is 7.91. The standard InChI is InChI=1S/C20H29N5O5S2/c1-15-18(32(27,28)23(2)9-12-29-4)31-20(21-15)24(3)19(26)22-16-5-7-17(8-6-16)25-10-13-30-14-11-25/h5-8H,9-14H2,1-4H3,(H,22,26). The number of urea groups is 1. The Morgan fingerprint density at radius 3 is 2.53 bits per heavy atom. The number of hydrogen-bond acceptors (Lipinski definition) is 8. The normalized spacial score (nSPS) is 14.6. The number of rotatable bonds is 8. The molecule has 1 fully saturated rings. The molecule has 176 valence electrons. The first-order chi connectivity index (χ1) is 15.2. The molecule has 12 heteroatoms. The highest BCUT2D eigenvalue weighted by Crippen LogP contribution is 2.31. The average Bonchev–Trinajstić information content (AvgIpc) is 3.20. The molecule has 0 atom stereocenters. The van der Waals surface area contributed by atoms with E-state index in [9.17, 15) is 13.2 Å². The van der Waals surface area contributed by atoms with Crippen molar-refractivity contribution in [3.63, 3.8) is 0 Å². The smallest absolute Gasteiger partial charge is 0.327 e. The number of sulfonamides is 1. The number of carbonyl (C=O) groups is 1. The van der Waals surface area contributed by atoms with E-state index in [4.69, 9.17) is 9.47 Å². The molecule has 1 aliphatic heterocycles. The van der Waals surface area contributed by atoms with Crippen molar-refractivity contribution in [2.45, 2.75) is 11.1 Å². The molecule has 0 saturated carbocycles. The number of benzene rings is 1. The van der Waals surface area contributed by atoms with Crippen LogP contribution in [-0.2, 0) is 19.5 Å². The minimum absolute atomic E-state index is 0.112. The monoisotopic (exact) mass is 483 g/mol. The Labute approximate surface area is 192 Å². The summed E-state index contributed by atoms with van der Waals surface area (Å²) in [5, 5.41) is 3.12. The molecule has 2 amide bonds. The number of aryl methyl sites for hydroxylation is 1. The lowest BCUT2D eigenvalue weighted by atomic mass is 10.2. The number of nitrogens with zero attached hydrogens (tertiary/aromatic N) is 4. The molecule has 1 saturated heterocycles. The third kappa shape index (κ3) is 5.56. The lowest BCUT2D eigenvalue weighted by Crippen LogP contribution is -2.36. The second kappa shape index (κ2) is 10.6. The van der Waals surface area contributed by atoms with Gasteiger partial charge in [-0.25, -0.2) is 18.2 Å². The van der Waals surface area contributed by atoms with Gasteiger partial charge in [-0.2, -0.15) is 4.31 Å². The molecular weight excluding hydrogens is 454 g/mol. The van der Waals surface area contributed by atoms with Crippen molar-refractivity contribution < 1.29 is 22.7 Å². The third-order valence-electron chi connectivity index (χ3n) is 5.08. The maximum Gasteiger partial charge on any atom is 0.327 e. The second-order valence-electron chi connectivity index (χ2n) is 7.32. The minimum Gasteiger partial charge on any atom is -0.383 e. The van der Waals surface area contributed by atoms with E-state index >= 15 is 0 Å². The molecular formula is C20H29N5O5S2. The van der Waals surface area contributed by atoms with Crippen LogP contribution < -0.4 is 15.1 Å². The van der Waals surface area contributed by atoms with Crippen molar-refractivity contribution in [2.24, 2.45) is 0 Å². The number of hydrogen-bond donors (Lipinski definition) is 1. The van der Waals surface area contributed by atoms with Crippen molar-refractivity contribution in [1.29, 1.82) is 0 Å². The van der Waals surface area contributed by atoms with Gasteiger partial charge in [0.05, 0.1) is 25.5 Å². The first-order valence-corrected chi connectivity index (χ1v) is 12.4. The Bertz CT molecular complexity index is 1020. The molecule has 32 heavy (non-hydrogen) atoms. The SMILES string of the molecule is COCCN(C)S(=O)(=O)c1sc(N(C)C(=O)Nc2ccc(N3CCOCC3)cc2)nc1C. The van der Waals surface area contributed by atoms with Crippen LogP contribution in [0, 0.1) is 6.92 Å². The van der Waals surface area contributed by atoms with Crippen LogP contribution >= 0.6 is 11.3 Å². The van der Waals surface area contributed by atoms with Crippen LogP contribution in [0.15, 0.2) is 28.5 Å². The Morgan fingerprint density at radius 2 is 1.91 bits per heavy atom. The molecule has 10 nitrogen and oxygen atoms in total. The summed E-state index contributed by atoms with van der Waals surface area (Å²) < 4.78 is 37.3. The van der Waals surface area contributed by atoms with E-state index in [0.29, 0.717) is 29.7 Å². The summed E-state index contributed by atoms with van der Waals surface area (Å²) in [5.41, 5.74) is 2.06. The number of aromatic nitrogens is 1. The minimum atomic E-state index is -3.72. The van der Waals surface area contributed by atoms with Crippen LogP contribution in [0.1, 0.15) is 5.69 Å². The molecule has 0 aliphatic carbocycles. The van der Waals surface area contributed by atoms with Gasteiger partial charge in [0.1, 0.15) is 0 Å². The summed E-state index contributed by atoms with van der Waals surface area (Å²) >= 11 is 0.961. The molecule has 0 bridgehead atoms. The van der Waals surface area contributed by atoms with Crippen molar-refractivity contribution in [3.05, 3.63) is 30.0 Å². The number of morpholine rings is 1. The quantitative estimate of drug-likeness (QED) is 0.614. The molecule has 3 rings (SSSR count). The predicted octanol–water partition coefficient (Wildman–Crippen LogP) is 2.22. The van der Waals surface area contributed by atoms with Crippen molar-refractivity contribution in [1.82, 2.24) is 9.29 Å². The summed E-state index contributed by atoms with van der Waals surface area (Å²) in [6.45, 7) is 5.21. The number of anilines is 3. The number of methoxy groups -OCH3 is 1.